The number of nitrogens with one attached hydrogen (secondary N) is 1. The lowest BCUT2D eigenvalue weighted by Gasteiger charge is -2.08. The van der Waals surface area contributed by atoms with Crippen LogP contribution in [0.4, 0.5) is 0 Å². The van der Waals surface area contributed by atoms with Crippen molar-refractivity contribution in [3.8, 4) is 0 Å². The first-order chi connectivity index (χ1) is 7.59. The Kier molecular flexibility index (Phi) is 2.43. The average Bonchev–Trinajstić information content (AvgIpc) is 2.84. The number of carboxylic acids is 1. The summed E-state index contributed by atoms with van der Waals surface area (Å²) in [4.78, 5) is 10.7. The van der Waals surface area contributed by atoms with E-state index in [0.29, 0.717) is 24.1 Å². The van der Waals surface area contributed by atoms with Gasteiger partial charge in [-0.3, -0.25) is 5.41 Å². The van der Waals surface area contributed by atoms with E-state index >= 15 is 0 Å². The van der Waals surface area contributed by atoms with Crippen molar-refractivity contribution in [2.75, 3.05) is 0 Å². The van der Waals surface area contributed by atoms with Gasteiger partial charge in [0.1, 0.15) is 5.71 Å². The van der Waals surface area contributed by atoms with E-state index in [9.17, 15) is 4.79 Å². The van der Waals surface area contributed by atoms with Crippen LogP contribution in [0.15, 0.2) is 23.7 Å². The van der Waals surface area contributed by atoms with E-state index in [4.69, 9.17) is 16.2 Å². The Morgan fingerprint density at radius 2 is 2.38 bits per heavy atom. The Balaban J connectivity index is 2.16. The molecule has 1 aromatic rings. The second-order valence-electron chi connectivity index (χ2n) is 3.63. The molecule has 7 heteroatoms. The predicted octanol–water partition coefficient (Wildman–Crippen LogP) is -0.0698. The molecule has 4 N–H and O–H groups in total. The van der Waals surface area contributed by atoms with E-state index in [1.165, 1.54) is 0 Å². The minimum Gasteiger partial charge on any atom is -0.477 e. The van der Waals surface area contributed by atoms with Crippen molar-refractivity contribution in [1.29, 1.82) is 5.41 Å². The molecular weight excluding hydrogens is 210 g/mol. The zero-order valence-electron chi connectivity index (χ0n) is 8.42. The van der Waals surface area contributed by atoms with Crippen LogP contribution in [0.5, 0.6) is 0 Å². The number of hydrogen-bond acceptors (Lipinski definition) is 5. The summed E-state index contributed by atoms with van der Waals surface area (Å²) in [5, 5.41) is 23.7. The molecule has 1 heterocycles. The summed E-state index contributed by atoms with van der Waals surface area (Å²) < 4.78 is 1.63. The van der Waals surface area contributed by atoms with Crippen LogP contribution >= 0.6 is 0 Å². The molecule has 0 aromatic carbocycles. The molecular formula is C9H11N5O2. The van der Waals surface area contributed by atoms with Crippen LogP contribution in [0, 0.1) is 5.41 Å². The molecule has 1 aromatic heterocycles. The first-order valence-electron chi connectivity index (χ1n) is 4.75. The summed E-state index contributed by atoms with van der Waals surface area (Å²) in [6.45, 7) is 0. The average molecular weight is 221 g/mol. The number of carbonyl (C=O) groups is 1. The Morgan fingerprint density at radius 1 is 1.62 bits per heavy atom. The topological polar surface area (TPSA) is 118 Å². The smallest absolute Gasteiger partial charge is 0.354 e. The predicted molar refractivity (Wildman–Crippen MR) is 54.9 cm³/mol. The summed E-state index contributed by atoms with van der Waals surface area (Å²) in [7, 11) is 0. The third kappa shape index (κ3) is 1.67. The molecule has 16 heavy (non-hydrogen) atoms. The van der Waals surface area contributed by atoms with Gasteiger partial charge < -0.3 is 10.8 Å². The lowest BCUT2D eigenvalue weighted by Crippen LogP contribution is -2.16. The van der Waals surface area contributed by atoms with Crippen LogP contribution < -0.4 is 5.73 Å². The van der Waals surface area contributed by atoms with Gasteiger partial charge in [-0.1, -0.05) is 5.21 Å². The molecule has 0 amide bonds. The maximum absolute atomic E-state index is 10.7. The fraction of sp³-hybridized carbons (Fsp3) is 0.333. The van der Waals surface area contributed by atoms with Crippen molar-refractivity contribution < 1.29 is 9.90 Å². The number of rotatable bonds is 3. The zero-order chi connectivity index (χ0) is 11.7. The van der Waals surface area contributed by atoms with Crippen molar-refractivity contribution >= 4 is 11.7 Å². The van der Waals surface area contributed by atoms with Gasteiger partial charge in [0.25, 0.3) is 0 Å². The number of carboxylic acid groups (broad SMARTS) is 1. The number of nitrogens with two attached hydrogens (primary N) is 1. The lowest BCUT2D eigenvalue weighted by molar-refractivity contribution is -0.129. The molecule has 84 valence electrons. The Labute approximate surface area is 91.1 Å². The minimum absolute atomic E-state index is 0.0304. The van der Waals surface area contributed by atoms with Crippen molar-refractivity contribution in [2.45, 2.75) is 18.9 Å². The van der Waals surface area contributed by atoms with Crippen molar-refractivity contribution in [2.24, 2.45) is 5.73 Å². The van der Waals surface area contributed by atoms with Crippen LogP contribution in [0.3, 0.4) is 0 Å². The molecule has 0 radical (unpaired) electrons. The Hall–Kier alpha value is -2.18. The zero-order valence-corrected chi connectivity index (χ0v) is 8.42. The van der Waals surface area contributed by atoms with Crippen LogP contribution in [0.1, 0.15) is 18.9 Å². The van der Waals surface area contributed by atoms with Crippen molar-refractivity contribution in [3.05, 3.63) is 23.7 Å². The fourth-order valence-electron chi connectivity index (χ4n) is 1.81. The third-order valence-electron chi connectivity index (χ3n) is 2.61. The summed E-state index contributed by atoms with van der Waals surface area (Å²) in [6.07, 6.45) is 4.18. The molecule has 0 saturated carbocycles. The van der Waals surface area contributed by atoms with Crippen molar-refractivity contribution in [3.63, 3.8) is 0 Å². The number of hydrogen-bond donors (Lipinski definition) is 3. The third-order valence-corrected chi connectivity index (χ3v) is 2.61. The fourth-order valence-corrected chi connectivity index (χ4v) is 1.81. The molecule has 7 nitrogen and oxygen atoms in total. The van der Waals surface area contributed by atoms with E-state index in [-0.39, 0.29) is 6.04 Å². The van der Waals surface area contributed by atoms with E-state index in [1.807, 2.05) is 0 Å². The van der Waals surface area contributed by atoms with Gasteiger partial charge >= 0.3 is 5.97 Å². The SMILES string of the molecule is N=C(C(=O)O)C1=C(N)CC(n2ccnn2)C1. The van der Waals surface area contributed by atoms with E-state index < -0.39 is 11.7 Å². The van der Waals surface area contributed by atoms with Gasteiger partial charge in [0.05, 0.1) is 12.2 Å². The van der Waals surface area contributed by atoms with Crippen LogP contribution in [-0.4, -0.2) is 31.8 Å². The highest BCUT2D eigenvalue weighted by Crippen LogP contribution is 2.32. The largest absolute Gasteiger partial charge is 0.477 e. The summed E-state index contributed by atoms with van der Waals surface area (Å²) in [5.41, 5.74) is 6.15. The minimum atomic E-state index is -1.25. The van der Waals surface area contributed by atoms with Gasteiger partial charge in [-0.15, -0.1) is 5.10 Å². The number of aromatic nitrogens is 3. The lowest BCUT2D eigenvalue weighted by atomic mass is 10.1. The molecule has 1 aliphatic carbocycles. The molecule has 0 spiro atoms. The van der Waals surface area contributed by atoms with E-state index in [1.54, 1.807) is 17.1 Å². The second-order valence-corrected chi connectivity index (χ2v) is 3.63. The summed E-state index contributed by atoms with van der Waals surface area (Å²) in [5.74, 6) is -1.25. The van der Waals surface area contributed by atoms with Gasteiger partial charge in [-0.25, -0.2) is 9.48 Å². The molecule has 1 atom stereocenters. The number of aliphatic carboxylic acids is 1. The number of allylic oxidation sites excluding steroid dienone is 1. The maximum Gasteiger partial charge on any atom is 0.354 e. The standard InChI is InChI=1S/C9H11N5O2/c10-7-4-5(14-2-1-12-13-14)3-6(7)8(11)9(15)16/h1-2,5,11H,3-4,10H2,(H,15,16). The normalized spacial score (nSPS) is 20.1. The van der Waals surface area contributed by atoms with Gasteiger partial charge in [0, 0.05) is 23.9 Å². The molecule has 1 unspecified atom stereocenters. The molecule has 2 rings (SSSR count). The Bertz CT molecular complexity index is 462. The first-order valence-corrected chi connectivity index (χ1v) is 4.75. The van der Waals surface area contributed by atoms with Crippen molar-refractivity contribution in [1.82, 2.24) is 15.0 Å². The highest BCUT2D eigenvalue weighted by Gasteiger charge is 2.29. The van der Waals surface area contributed by atoms with E-state index in [2.05, 4.69) is 10.3 Å². The van der Waals surface area contributed by atoms with Crippen LogP contribution in [0.25, 0.3) is 0 Å². The summed E-state index contributed by atoms with van der Waals surface area (Å²) in [6, 6.07) is -0.0304. The van der Waals surface area contributed by atoms with E-state index in [0.717, 1.165) is 0 Å². The van der Waals surface area contributed by atoms with Crippen LogP contribution in [-0.2, 0) is 4.79 Å². The van der Waals surface area contributed by atoms with Gasteiger partial charge in [-0.05, 0) is 6.42 Å². The highest BCUT2D eigenvalue weighted by molar-refractivity contribution is 6.41. The molecule has 0 saturated heterocycles. The quantitative estimate of drug-likeness (QED) is 0.617. The molecule has 0 bridgehead atoms. The Morgan fingerprint density at radius 3 is 2.94 bits per heavy atom. The highest BCUT2D eigenvalue weighted by atomic mass is 16.4. The van der Waals surface area contributed by atoms with Gasteiger partial charge in [0.2, 0.25) is 0 Å². The molecule has 0 fully saturated rings. The molecule has 1 aliphatic rings. The molecule has 0 aliphatic heterocycles. The first kappa shape index (κ1) is 10.3. The second kappa shape index (κ2) is 3.76. The van der Waals surface area contributed by atoms with Gasteiger partial charge in [0.15, 0.2) is 0 Å². The maximum atomic E-state index is 10.7. The summed E-state index contributed by atoms with van der Waals surface area (Å²) >= 11 is 0. The van der Waals surface area contributed by atoms with Gasteiger partial charge in [-0.2, -0.15) is 0 Å². The number of nitrogens with zero attached hydrogens (tertiary/aromatic N) is 3. The monoisotopic (exact) mass is 221 g/mol. The van der Waals surface area contributed by atoms with Crippen LogP contribution in [0.2, 0.25) is 0 Å².